The van der Waals surface area contributed by atoms with Crippen molar-refractivity contribution in [1.82, 2.24) is 0 Å². The normalized spacial score (nSPS) is 15.0. The Hall–Kier alpha value is -1.02. The lowest BCUT2D eigenvalue weighted by molar-refractivity contribution is 0.232. The maximum atomic E-state index is 9.12. The summed E-state index contributed by atoms with van der Waals surface area (Å²) < 4.78 is 4.87. The molecule has 1 aromatic heterocycles. The second-order valence-corrected chi connectivity index (χ2v) is 2.62. The number of aliphatic hydroxyl groups is 1. The van der Waals surface area contributed by atoms with E-state index in [4.69, 9.17) is 9.52 Å². The van der Waals surface area contributed by atoms with Crippen molar-refractivity contribution in [3.05, 3.63) is 29.7 Å². The molecule has 1 atom stereocenters. The van der Waals surface area contributed by atoms with E-state index in [-0.39, 0.29) is 6.10 Å². The molecule has 0 aliphatic carbocycles. The van der Waals surface area contributed by atoms with Crippen LogP contribution < -0.4 is 0 Å². The van der Waals surface area contributed by atoms with Gasteiger partial charge in [0, 0.05) is 5.56 Å². The van der Waals surface area contributed by atoms with Crippen LogP contribution >= 0.6 is 0 Å². The highest BCUT2D eigenvalue weighted by Crippen LogP contribution is 2.09. The van der Waals surface area contributed by atoms with Crippen LogP contribution in [0.5, 0.6) is 0 Å². The van der Waals surface area contributed by atoms with Crippen molar-refractivity contribution in [3.8, 4) is 0 Å². The fourth-order valence-corrected chi connectivity index (χ4v) is 0.741. The Morgan fingerprint density at radius 2 is 2.45 bits per heavy atom. The summed E-state index contributed by atoms with van der Waals surface area (Å²) in [5.74, 6) is 0. The first-order chi connectivity index (χ1) is 5.20. The van der Waals surface area contributed by atoms with Gasteiger partial charge in [0.15, 0.2) is 0 Å². The smallest absolute Gasteiger partial charge is 0.0974 e. The quantitative estimate of drug-likeness (QED) is 0.703. The number of rotatable bonds is 2. The van der Waals surface area contributed by atoms with Crippen LogP contribution in [-0.4, -0.2) is 11.2 Å². The van der Waals surface area contributed by atoms with Crippen LogP contribution in [-0.2, 0) is 0 Å². The highest BCUT2D eigenvalue weighted by molar-refractivity contribution is 5.51. The summed E-state index contributed by atoms with van der Waals surface area (Å²) >= 11 is 0. The van der Waals surface area contributed by atoms with E-state index in [1.807, 2.05) is 19.1 Å². The fourth-order valence-electron chi connectivity index (χ4n) is 0.741. The zero-order chi connectivity index (χ0) is 8.27. The first-order valence-corrected chi connectivity index (χ1v) is 3.58. The van der Waals surface area contributed by atoms with Gasteiger partial charge in [-0.2, -0.15) is 0 Å². The van der Waals surface area contributed by atoms with Gasteiger partial charge in [-0.1, -0.05) is 6.08 Å². The molecule has 0 aromatic carbocycles. The maximum Gasteiger partial charge on any atom is 0.0974 e. The third kappa shape index (κ3) is 2.24. The predicted octanol–water partition coefficient (Wildman–Crippen LogP) is 2.06. The lowest BCUT2D eigenvalue weighted by Crippen LogP contribution is -1.99. The van der Waals surface area contributed by atoms with Gasteiger partial charge in [-0.05, 0) is 25.5 Å². The van der Waals surface area contributed by atoms with Gasteiger partial charge >= 0.3 is 0 Å². The molecule has 0 aliphatic rings. The van der Waals surface area contributed by atoms with E-state index < -0.39 is 0 Å². The third-order valence-electron chi connectivity index (χ3n) is 1.60. The molecule has 0 saturated heterocycles. The Bertz CT molecular complexity index is 232. The highest BCUT2D eigenvalue weighted by Gasteiger charge is 1.97. The molecule has 0 amide bonds. The van der Waals surface area contributed by atoms with Crippen LogP contribution in [0.3, 0.4) is 0 Å². The SMILES string of the molecule is C/C(=C\c1ccoc1)C(C)O. The van der Waals surface area contributed by atoms with Crippen LogP contribution in [0, 0.1) is 0 Å². The van der Waals surface area contributed by atoms with E-state index >= 15 is 0 Å². The Labute approximate surface area is 66.2 Å². The van der Waals surface area contributed by atoms with Gasteiger partial charge in [-0.25, -0.2) is 0 Å². The van der Waals surface area contributed by atoms with E-state index in [2.05, 4.69) is 0 Å². The van der Waals surface area contributed by atoms with Gasteiger partial charge in [-0.3, -0.25) is 0 Å². The highest BCUT2D eigenvalue weighted by atomic mass is 16.3. The van der Waals surface area contributed by atoms with E-state index in [1.54, 1.807) is 19.5 Å². The van der Waals surface area contributed by atoms with Crippen molar-refractivity contribution < 1.29 is 9.52 Å². The van der Waals surface area contributed by atoms with Gasteiger partial charge in [0.25, 0.3) is 0 Å². The van der Waals surface area contributed by atoms with E-state index in [0.717, 1.165) is 11.1 Å². The van der Waals surface area contributed by atoms with Crippen molar-refractivity contribution in [3.63, 3.8) is 0 Å². The van der Waals surface area contributed by atoms with Crippen LogP contribution in [0.25, 0.3) is 6.08 Å². The Kier molecular flexibility index (Phi) is 2.49. The number of aliphatic hydroxyl groups excluding tert-OH is 1. The van der Waals surface area contributed by atoms with Gasteiger partial charge in [0.05, 0.1) is 18.6 Å². The largest absolute Gasteiger partial charge is 0.472 e. The van der Waals surface area contributed by atoms with Gasteiger partial charge < -0.3 is 9.52 Å². The van der Waals surface area contributed by atoms with Gasteiger partial charge in [0.1, 0.15) is 0 Å². The average Bonchev–Trinajstić information content (AvgIpc) is 2.39. The summed E-state index contributed by atoms with van der Waals surface area (Å²) in [6, 6.07) is 1.85. The molecule has 0 radical (unpaired) electrons. The van der Waals surface area contributed by atoms with Crippen molar-refractivity contribution in [2.75, 3.05) is 0 Å². The molecule has 1 aromatic rings. The standard InChI is InChI=1S/C9H12O2/c1-7(8(2)10)5-9-3-4-11-6-9/h3-6,8,10H,1-2H3/b7-5+. The Morgan fingerprint density at radius 1 is 1.73 bits per heavy atom. The minimum atomic E-state index is -0.384. The zero-order valence-electron chi connectivity index (χ0n) is 6.74. The number of furan rings is 1. The molecule has 1 rings (SSSR count). The molecular weight excluding hydrogens is 140 g/mol. The molecule has 0 spiro atoms. The first-order valence-electron chi connectivity index (χ1n) is 3.58. The number of hydrogen-bond donors (Lipinski definition) is 1. The summed E-state index contributed by atoms with van der Waals surface area (Å²) in [6.07, 6.45) is 4.77. The Balaban J connectivity index is 2.74. The summed E-state index contributed by atoms with van der Waals surface area (Å²) in [4.78, 5) is 0. The Morgan fingerprint density at radius 3 is 2.91 bits per heavy atom. The molecule has 2 heteroatoms. The molecule has 0 bridgehead atoms. The summed E-state index contributed by atoms with van der Waals surface area (Å²) in [5.41, 5.74) is 1.93. The molecule has 11 heavy (non-hydrogen) atoms. The summed E-state index contributed by atoms with van der Waals surface area (Å²) in [5, 5.41) is 9.12. The van der Waals surface area contributed by atoms with Crippen molar-refractivity contribution in [2.24, 2.45) is 0 Å². The molecular formula is C9H12O2. The van der Waals surface area contributed by atoms with Gasteiger partial charge in [0.2, 0.25) is 0 Å². The predicted molar refractivity (Wildman–Crippen MR) is 44.0 cm³/mol. The maximum absolute atomic E-state index is 9.12. The zero-order valence-corrected chi connectivity index (χ0v) is 6.74. The van der Waals surface area contributed by atoms with Crippen molar-refractivity contribution >= 4 is 6.08 Å². The summed E-state index contributed by atoms with van der Waals surface area (Å²) in [6.45, 7) is 3.63. The second-order valence-electron chi connectivity index (χ2n) is 2.62. The van der Waals surface area contributed by atoms with Crippen molar-refractivity contribution in [1.29, 1.82) is 0 Å². The molecule has 1 heterocycles. The monoisotopic (exact) mass is 152 g/mol. The topological polar surface area (TPSA) is 33.4 Å². The van der Waals surface area contributed by atoms with Crippen LogP contribution in [0.15, 0.2) is 28.6 Å². The molecule has 0 fully saturated rings. The molecule has 1 N–H and O–H groups in total. The van der Waals surface area contributed by atoms with Crippen molar-refractivity contribution in [2.45, 2.75) is 20.0 Å². The fraction of sp³-hybridized carbons (Fsp3) is 0.333. The summed E-state index contributed by atoms with van der Waals surface area (Å²) in [7, 11) is 0. The molecule has 60 valence electrons. The van der Waals surface area contributed by atoms with Crippen LogP contribution in [0.2, 0.25) is 0 Å². The van der Waals surface area contributed by atoms with E-state index in [9.17, 15) is 0 Å². The second kappa shape index (κ2) is 3.39. The molecule has 1 unspecified atom stereocenters. The van der Waals surface area contributed by atoms with Gasteiger partial charge in [-0.15, -0.1) is 0 Å². The molecule has 2 nitrogen and oxygen atoms in total. The first kappa shape index (κ1) is 8.08. The minimum absolute atomic E-state index is 0.384. The van der Waals surface area contributed by atoms with E-state index in [1.165, 1.54) is 0 Å². The third-order valence-corrected chi connectivity index (χ3v) is 1.60. The average molecular weight is 152 g/mol. The molecule has 0 saturated carbocycles. The number of hydrogen-bond acceptors (Lipinski definition) is 2. The lowest BCUT2D eigenvalue weighted by Gasteiger charge is -2.01. The lowest BCUT2D eigenvalue weighted by atomic mass is 10.1. The van der Waals surface area contributed by atoms with E-state index in [0.29, 0.717) is 0 Å². The molecule has 0 aliphatic heterocycles. The van der Waals surface area contributed by atoms with Crippen LogP contribution in [0.1, 0.15) is 19.4 Å². The van der Waals surface area contributed by atoms with Crippen LogP contribution in [0.4, 0.5) is 0 Å². The minimum Gasteiger partial charge on any atom is -0.472 e.